The minimum atomic E-state index is -0.995. The molecule has 1 heterocycles. The van der Waals surface area contributed by atoms with Gasteiger partial charge in [0.15, 0.2) is 0 Å². The predicted molar refractivity (Wildman–Crippen MR) is 101 cm³/mol. The number of nitrogens with two attached hydrogens (primary N) is 1. The van der Waals surface area contributed by atoms with Gasteiger partial charge in [-0.05, 0) is 19.9 Å². The van der Waals surface area contributed by atoms with E-state index in [1.807, 2.05) is 0 Å². The lowest BCUT2D eigenvalue weighted by atomic mass is 9.80. The molecule has 0 saturated heterocycles. The van der Waals surface area contributed by atoms with Crippen LogP contribution in [0.5, 0.6) is 0 Å². The number of hydrogen-bond donors (Lipinski definition) is 2. The molecule has 0 fully saturated rings. The van der Waals surface area contributed by atoms with Crippen LogP contribution in [0.4, 0.5) is 4.39 Å². The first-order valence-electron chi connectivity index (χ1n) is 8.94. The zero-order chi connectivity index (χ0) is 20.7. The zero-order valence-electron chi connectivity index (χ0n) is 16.2. The van der Waals surface area contributed by atoms with Crippen molar-refractivity contribution in [3.05, 3.63) is 58.2 Å². The van der Waals surface area contributed by atoms with Crippen molar-refractivity contribution in [2.75, 3.05) is 33.5 Å². The second kappa shape index (κ2) is 10.0. The lowest BCUT2D eigenvalue weighted by Gasteiger charge is -2.31. The van der Waals surface area contributed by atoms with Crippen LogP contribution < -0.4 is 11.1 Å². The van der Waals surface area contributed by atoms with Crippen molar-refractivity contribution in [1.82, 2.24) is 5.32 Å². The molecule has 0 spiro atoms. The number of hydrogen-bond acceptors (Lipinski definition) is 7. The Bertz CT molecular complexity index is 804. The molecule has 152 valence electrons. The lowest BCUT2D eigenvalue weighted by molar-refractivity contribution is -0.139. The van der Waals surface area contributed by atoms with Crippen molar-refractivity contribution in [1.29, 1.82) is 0 Å². The molecule has 0 radical (unpaired) electrons. The smallest absolute Gasteiger partial charge is 0.336 e. The number of benzene rings is 1. The topological polar surface area (TPSA) is 99.9 Å². The number of halogens is 1. The van der Waals surface area contributed by atoms with E-state index in [0.717, 1.165) is 0 Å². The second-order valence-electron chi connectivity index (χ2n) is 6.06. The van der Waals surface area contributed by atoms with Gasteiger partial charge in [-0.25, -0.2) is 14.0 Å². The van der Waals surface area contributed by atoms with Crippen LogP contribution in [0.1, 0.15) is 25.3 Å². The summed E-state index contributed by atoms with van der Waals surface area (Å²) in [4.78, 5) is 25.3. The highest BCUT2D eigenvalue weighted by atomic mass is 19.1. The third kappa shape index (κ3) is 4.58. The van der Waals surface area contributed by atoms with Gasteiger partial charge >= 0.3 is 11.9 Å². The minimum Gasteiger partial charge on any atom is -0.466 e. The van der Waals surface area contributed by atoms with E-state index in [9.17, 15) is 14.0 Å². The number of rotatable bonds is 8. The molecule has 1 aromatic carbocycles. The molecule has 1 aliphatic rings. The van der Waals surface area contributed by atoms with Crippen LogP contribution in [0, 0.1) is 5.82 Å². The van der Waals surface area contributed by atoms with Crippen molar-refractivity contribution < 1.29 is 28.2 Å². The molecule has 0 bridgehead atoms. The number of nitrogens with one attached hydrogen (secondary N) is 1. The number of methoxy groups -OCH3 is 1. The Hall–Kier alpha value is -2.71. The average molecular weight is 392 g/mol. The Morgan fingerprint density at radius 3 is 2.54 bits per heavy atom. The third-order valence-corrected chi connectivity index (χ3v) is 4.27. The van der Waals surface area contributed by atoms with Crippen molar-refractivity contribution in [3.8, 4) is 0 Å². The van der Waals surface area contributed by atoms with E-state index in [2.05, 4.69) is 5.32 Å². The normalized spacial score (nSPS) is 16.7. The Morgan fingerprint density at radius 2 is 1.93 bits per heavy atom. The Labute approximate surface area is 163 Å². The molecule has 2 rings (SSSR count). The third-order valence-electron chi connectivity index (χ3n) is 4.27. The summed E-state index contributed by atoms with van der Waals surface area (Å²) in [6.45, 7) is 4.06. The van der Waals surface area contributed by atoms with Crippen molar-refractivity contribution >= 4 is 11.9 Å². The molecule has 1 atom stereocenters. The monoisotopic (exact) mass is 392 g/mol. The summed E-state index contributed by atoms with van der Waals surface area (Å²) in [5.74, 6) is -2.87. The van der Waals surface area contributed by atoms with Crippen molar-refractivity contribution in [2.24, 2.45) is 5.73 Å². The molecule has 8 heteroatoms. The minimum absolute atomic E-state index is 0.0299. The summed E-state index contributed by atoms with van der Waals surface area (Å²) in [5.41, 5.74) is 6.71. The highest BCUT2D eigenvalue weighted by molar-refractivity contribution is 6.00. The number of allylic oxidation sites excluding steroid dienone is 1. The van der Waals surface area contributed by atoms with Crippen LogP contribution in [0.3, 0.4) is 0 Å². The molecule has 0 aliphatic carbocycles. The van der Waals surface area contributed by atoms with Gasteiger partial charge in [0.25, 0.3) is 0 Å². The molecule has 0 aromatic heterocycles. The summed E-state index contributed by atoms with van der Waals surface area (Å²) in [5, 5.41) is 3.02. The van der Waals surface area contributed by atoms with Crippen LogP contribution in [-0.4, -0.2) is 45.4 Å². The van der Waals surface area contributed by atoms with E-state index in [1.165, 1.54) is 25.3 Å². The highest BCUT2D eigenvalue weighted by Crippen LogP contribution is 2.40. The van der Waals surface area contributed by atoms with Crippen molar-refractivity contribution in [2.45, 2.75) is 19.8 Å². The predicted octanol–water partition coefficient (Wildman–Crippen LogP) is 1.75. The molecule has 1 aliphatic heterocycles. The maximum Gasteiger partial charge on any atom is 0.336 e. The first kappa shape index (κ1) is 21.6. The van der Waals surface area contributed by atoms with Gasteiger partial charge in [-0.2, -0.15) is 0 Å². The molecular weight excluding hydrogens is 367 g/mol. The van der Waals surface area contributed by atoms with E-state index < -0.39 is 23.7 Å². The first-order valence-corrected chi connectivity index (χ1v) is 8.94. The summed E-state index contributed by atoms with van der Waals surface area (Å²) >= 11 is 0. The van der Waals surface area contributed by atoms with Crippen LogP contribution in [0.15, 0.2) is 46.8 Å². The largest absolute Gasteiger partial charge is 0.466 e. The van der Waals surface area contributed by atoms with E-state index in [-0.39, 0.29) is 36.5 Å². The lowest BCUT2D eigenvalue weighted by Crippen LogP contribution is -2.35. The Morgan fingerprint density at radius 1 is 1.21 bits per heavy atom. The quantitative estimate of drug-likeness (QED) is 0.514. The van der Waals surface area contributed by atoms with Crippen molar-refractivity contribution in [3.63, 3.8) is 0 Å². The van der Waals surface area contributed by atoms with Crippen LogP contribution in [0.2, 0.25) is 0 Å². The molecule has 3 N–H and O–H groups in total. The molecular formula is C20H25FN2O5. The fraction of sp³-hybridized carbons (Fsp3) is 0.400. The summed E-state index contributed by atoms with van der Waals surface area (Å²) < 4.78 is 30.2. The fourth-order valence-electron chi connectivity index (χ4n) is 3.12. The van der Waals surface area contributed by atoms with Gasteiger partial charge in [0.05, 0.1) is 49.7 Å². The number of dihydropyridines is 1. The maximum atomic E-state index is 14.7. The highest BCUT2D eigenvalue weighted by Gasteiger charge is 2.39. The number of esters is 2. The average Bonchev–Trinajstić information content (AvgIpc) is 2.67. The van der Waals surface area contributed by atoms with Gasteiger partial charge < -0.3 is 25.3 Å². The number of carbonyl (C=O) groups is 2. The van der Waals surface area contributed by atoms with E-state index in [1.54, 1.807) is 19.9 Å². The van der Waals surface area contributed by atoms with Gasteiger partial charge in [0, 0.05) is 17.8 Å². The SMILES string of the molecule is CCOC(=O)C1=C(COCCN)NC(C)=C(C(=O)OC)C1c1ccccc1F. The first-order chi connectivity index (χ1) is 13.5. The molecule has 1 unspecified atom stereocenters. The van der Waals surface area contributed by atoms with Crippen LogP contribution in [0.25, 0.3) is 0 Å². The van der Waals surface area contributed by atoms with Gasteiger partial charge in [-0.3, -0.25) is 0 Å². The molecule has 0 amide bonds. The van der Waals surface area contributed by atoms with E-state index in [4.69, 9.17) is 19.9 Å². The van der Waals surface area contributed by atoms with Gasteiger partial charge in [-0.15, -0.1) is 0 Å². The molecule has 28 heavy (non-hydrogen) atoms. The Balaban J connectivity index is 2.67. The maximum absolute atomic E-state index is 14.7. The van der Waals surface area contributed by atoms with E-state index >= 15 is 0 Å². The zero-order valence-corrected chi connectivity index (χ0v) is 16.2. The standard InChI is InChI=1S/C20H25FN2O5/c1-4-28-20(25)18-15(11-27-10-9-22)23-12(2)16(19(24)26-3)17(18)13-7-5-6-8-14(13)21/h5-8,17,23H,4,9-11,22H2,1-3H3. The number of carbonyl (C=O) groups excluding carboxylic acids is 2. The van der Waals surface area contributed by atoms with Gasteiger partial charge in [0.2, 0.25) is 0 Å². The van der Waals surface area contributed by atoms with E-state index in [0.29, 0.717) is 17.9 Å². The number of ether oxygens (including phenoxy) is 3. The fourth-order valence-corrected chi connectivity index (χ4v) is 3.12. The van der Waals surface area contributed by atoms with Gasteiger partial charge in [-0.1, -0.05) is 18.2 Å². The van der Waals surface area contributed by atoms with Crippen LogP contribution in [-0.2, 0) is 23.8 Å². The van der Waals surface area contributed by atoms with Crippen LogP contribution >= 0.6 is 0 Å². The summed E-state index contributed by atoms with van der Waals surface area (Å²) in [6.07, 6.45) is 0. The molecule has 7 nitrogen and oxygen atoms in total. The summed E-state index contributed by atoms with van der Waals surface area (Å²) in [7, 11) is 1.23. The molecule has 0 saturated carbocycles. The molecule has 1 aromatic rings. The Kier molecular flexibility index (Phi) is 7.71. The summed E-state index contributed by atoms with van der Waals surface area (Å²) in [6, 6.07) is 5.97. The van der Waals surface area contributed by atoms with Gasteiger partial charge in [0.1, 0.15) is 5.82 Å². The second-order valence-corrected chi connectivity index (χ2v) is 6.06.